The van der Waals surface area contributed by atoms with Crippen molar-refractivity contribution in [3.8, 4) is 0 Å². The molecule has 0 saturated heterocycles. The first kappa shape index (κ1) is 18.4. The van der Waals surface area contributed by atoms with E-state index in [0.717, 1.165) is 24.8 Å². The van der Waals surface area contributed by atoms with Gasteiger partial charge in [0.1, 0.15) is 0 Å². The zero-order chi connectivity index (χ0) is 16.2. The van der Waals surface area contributed by atoms with Crippen molar-refractivity contribution >= 4 is 6.09 Å². The molecule has 0 aliphatic rings. The van der Waals surface area contributed by atoms with Crippen molar-refractivity contribution in [1.82, 2.24) is 10.8 Å². The van der Waals surface area contributed by atoms with Crippen LogP contribution in [-0.2, 0) is 11.3 Å². The highest BCUT2D eigenvalue weighted by atomic mass is 16.6. The smallest absolute Gasteiger partial charge is 0.404 e. The Hall–Kier alpha value is -1.63. The summed E-state index contributed by atoms with van der Waals surface area (Å²) in [5.74, 6) is 0. The van der Waals surface area contributed by atoms with Crippen molar-refractivity contribution in [1.29, 1.82) is 0 Å². The van der Waals surface area contributed by atoms with Crippen molar-refractivity contribution in [2.75, 3.05) is 13.2 Å². The minimum Gasteiger partial charge on any atom is -0.465 e. The normalized spacial score (nSPS) is 13.5. The summed E-state index contributed by atoms with van der Waals surface area (Å²) in [6, 6.07) is 8.87. The average Bonchev–Trinajstić information content (AvgIpc) is 2.50. The molecule has 0 heterocycles. The molecule has 1 aromatic carbocycles. The van der Waals surface area contributed by atoms with E-state index in [0.29, 0.717) is 13.0 Å². The third kappa shape index (κ3) is 7.97. The van der Waals surface area contributed by atoms with Crippen LogP contribution in [0.25, 0.3) is 0 Å². The fourth-order valence-corrected chi connectivity index (χ4v) is 2.09. The highest BCUT2D eigenvalue weighted by Gasteiger charge is 2.21. The molecular formula is C16H26N2O4. The number of carbonyl (C=O) groups is 1. The van der Waals surface area contributed by atoms with Crippen molar-refractivity contribution in [2.45, 2.75) is 44.8 Å². The largest absolute Gasteiger partial charge is 0.465 e. The standard InChI is InChI=1S/C16H26N2O4/c1-2-3-7-10-22-17-12-15(19)14(18-16(20)21)11-13-8-5-4-6-9-13/h4-6,8-9,14-15,17-19H,2-3,7,10-12H2,1H3,(H,20,21)/t14?,15-/m0/s1. The first-order valence-corrected chi connectivity index (χ1v) is 7.69. The van der Waals surface area contributed by atoms with E-state index < -0.39 is 18.2 Å². The van der Waals surface area contributed by atoms with Gasteiger partial charge in [0.25, 0.3) is 0 Å². The van der Waals surface area contributed by atoms with E-state index in [1.165, 1.54) is 0 Å². The highest BCUT2D eigenvalue weighted by molar-refractivity contribution is 5.65. The zero-order valence-electron chi connectivity index (χ0n) is 13.0. The first-order valence-electron chi connectivity index (χ1n) is 7.69. The first-order chi connectivity index (χ1) is 10.6. The van der Waals surface area contributed by atoms with Crippen molar-refractivity contribution in [3.05, 3.63) is 35.9 Å². The molecule has 6 heteroatoms. The maximum absolute atomic E-state index is 10.9. The molecule has 0 radical (unpaired) electrons. The maximum atomic E-state index is 10.9. The van der Waals surface area contributed by atoms with Crippen LogP contribution in [0.15, 0.2) is 30.3 Å². The molecule has 22 heavy (non-hydrogen) atoms. The fraction of sp³-hybridized carbons (Fsp3) is 0.562. The van der Waals surface area contributed by atoms with E-state index >= 15 is 0 Å². The van der Waals surface area contributed by atoms with E-state index in [1.54, 1.807) is 0 Å². The molecule has 0 saturated carbocycles. The third-order valence-corrected chi connectivity index (χ3v) is 3.32. The molecule has 4 N–H and O–H groups in total. The van der Waals surface area contributed by atoms with Gasteiger partial charge in [-0.25, -0.2) is 4.79 Å². The van der Waals surface area contributed by atoms with Crippen LogP contribution in [0, 0.1) is 0 Å². The molecule has 0 aromatic heterocycles. The lowest BCUT2D eigenvalue weighted by molar-refractivity contribution is 0.00404. The highest BCUT2D eigenvalue weighted by Crippen LogP contribution is 2.06. The Morgan fingerprint density at radius 2 is 2.00 bits per heavy atom. The summed E-state index contributed by atoms with van der Waals surface area (Å²) in [5, 5.41) is 21.4. The number of carboxylic acid groups (broad SMARTS) is 1. The average molecular weight is 310 g/mol. The van der Waals surface area contributed by atoms with Crippen molar-refractivity contribution in [3.63, 3.8) is 0 Å². The number of aliphatic hydroxyl groups is 1. The van der Waals surface area contributed by atoms with Crippen LogP contribution in [0.1, 0.15) is 31.7 Å². The molecule has 0 bridgehead atoms. The van der Waals surface area contributed by atoms with Crippen LogP contribution >= 0.6 is 0 Å². The van der Waals surface area contributed by atoms with Gasteiger partial charge < -0.3 is 20.4 Å². The van der Waals surface area contributed by atoms with Gasteiger partial charge in [-0.2, -0.15) is 5.48 Å². The number of benzene rings is 1. The van der Waals surface area contributed by atoms with Gasteiger partial charge in [0.15, 0.2) is 0 Å². The summed E-state index contributed by atoms with van der Waals surface area (Å²) in [5.41, 5.74) is 3.66. The predicted molar refractivity (Wildman–Crippen MR) is 84.6 cm³/mol. The van der Waals surface area contributed by atoms with Gasteiger partial charge in [-0.1, -0.05) is 50.1 Å². The molecule has 124 valence electrons. The minimum absolute atomic E-state index is 0.171. The number of unbranched alkanes of at least 4 members (excludes halogenated alkanes) is 2. The third-order valence-electron chi connectivity index (χ3n) is 3.32. The van der Waals surface area contributed by atoms with E-state index in [9.17, 15) is 9.90 Å². The number of aliphatic hydroxyl groups excluding tert-OH is 1. The number of amides is 1. The van der Waals surface area contributed by atoms with Crippen LogP contribution < -0.4 is 10.8 Å². The van der Waals surface area contributed by atoms with Crippen LogP contribution in [0.5, 0.6) is 0 Å². The molecule has 0 aliphatic carbocycles. The van der Waals surface area contributed by atoms with E-state index in [1.807, 2.05) is 30.3 Å². The second-order valence-electron chi connectivity index (χ2n) is 5.22. The molecule has 1 aromatic rings. The van der Waals surface area contributed by atoms with Crippen LogP contribution in [0.3, 0.4) is 0 Å². The summed E-state index contributed by atoms with van der Waals surface area (Å²) in [6.45, 7) is 2.86. The molecule has 0 spiro atoms. The summed E-state index contributed by atoms with van der Waals surface area (Å²) in [4.78, 5) is 16.1. The van der Waals surface area contributed by atoms with Gasteiger partial charge in [0.2, 0.25) is 0 Å². The Morgan fingerprint density at radius 1 is 1.27 bits per heavy atom. The molecule has 1 unspecified atom stereocenters. The van der Waals surface area contributed by atoms with Gasteiger partial charge in [0.05, 0.1) is 18.8 Å². The molecular weight excluding hydrogens is 284 g/mol. The lowest BCUT2D eigenvalue weighted by Crippen LogP contribution is -2.48. The van der Waals surface area contributed by atoms with Crippen LogP contribution in [-0.4, -0.2) is 41.6 Å². The molecule has 1 amide bonds. The summed E-state index contributed by atoms with van der Waals surface area (Å²) >= 11 is 0. The Kier molecular flexibility index (Phi) is 9.21. The van der Waals surface area contributed by atoms with Crippen molar-refractivity contribution < 1.29 is 19.8 Å². The lowest BCUT2D eigenvalue weighted by Gasteiger charge is -2.23. The quantitative estimate of drug-likeness (QED) is 0.370. The van der Waals surface area contributed by atoms with Gasteiger partial charge in [-0.05, 0) is 18.4 Å². The second-order valence-corrected chi connectivity index (χ2v) is 5.22. The monoisotopic (exact) mass is 310 g/mol. The van der Waals surface area contributed by atoms with Crippen LogP contribution in [0.2, 0.25) is 0 Å². The Bertz CT molecular complexity index is 414. The summed E-state index contributed by atoms with van der Waals surface area (Å²) in [6.07, 6.45) is 1.58. The van der Waals surface area contributed by atoms with E-state index in [4.69, 9.17) is 9.94 Å². The Labute approximate surface area is 131 Å². The molecule has 0 fully saturated rings. The Morgan fingerprint density at radius 3 is 2.64 bits per heavy atom. The summed E-state index contributed by atoms with van der Waals surface area (Å²) in [7, 11) is 0. The van der Waals surface area contributed by atoms with E-state index in [-0.39, 0.29) is 6.54 Å². The lowest BCUT2D eigenvalue weighted by atomic mass is 10.0. The van der Waals surface area contributed by atoms with Crippen molar-refractivity contribution in [2.24, 2.45) is 0 Å². The van der Waals surface area contributed by atoms with Gasteiger partial charge in [-0.15, -0.1) is 0 Å². The topological polar surface area (TPSA) is 90.8 Å². The molecule has 6 nitrogen and oxygen atoms in total. The fourth-order valence-electron chi connectivity index (χ4n) is 2.09. The number of hydroxylamine groups is 1. The molecule has 0 aliphatic heterocycles. The zero-order valence-corrected chi connectivity index (χ0v) is 13.0. The molecule has 1 rings (SSSR count). The van der Waals surface area contributed by atoms with E-state index in [2.05, 4.69) is 17.7 Å². The minimum atomic E-state index is -1.15. The Balaban J connectivity index is 2.40. The number of hydrogen-bond donors (Lipinski definition) is 4. The van der Waals surface area contributed by atoms with Gasteiger partial charge in [-0.3, -0.25) is 0 Å². The predicted octanol–water partition coefficient (Wildman–Crippen LogP) is 1.94. The second kappa shape index (κ2) is 11.0. The SMILES string of the molecule is CCCCCONC[C@H](O)C(Cc1ccccc1)NC(=O)O. The number of hydrogen-bond acceptors (Lipinski definition) is 4. The maximum Gasteiger partial charge on any atom is 0.404 e. The number of nitrogens with one attached hydrogen (secondary N) is 2. The summed E-state index contributed by atoms with van der Waals surface area (Å²) < 4.78 is 0. The number of rotatable bonds is 11. The van der Waals surface area contributed by atoms with Crippen LogP contribution in [0.4, 0.5) is 4.79 Å². The van der Waals surface area contributed by atoms with Gasteiger partial charge in [0, 0.05) is 6.54 Å². The molecule has 2 atom stereocenters. The van der Waals surface area contributed by atoms with Gasteiger partial charge >= 0.3 is 6.09 Å².